The number of anilines is 1. The van der Waals surface area contributed by atoms with Crippen molar-refractivity contribution in [2.75, 3.05) is 24.8 Å². The quantitative estimate of drug-likeness (QED) is 0.530. The van der Waals surface area contributed by atoms with Crippen LogP contribution >= 0.6 is 23.1 Å². The number of ketones is 1. The van der Waals surface area contributed by atoms with E-state index < -0.39 is 6.10 Å². The fourth-order valence-corrected chi connectivity index (χ4v) is 5.71. The van der Waals surface area contributed by atoms with Crippen LogP contribution in [0.4, 0.5) is 5.69 Å². The minimum atomic E-state index is -0.462. The van der Waals surface area contributed by atoms with Crippen LogP contribution in [-0.4, -0.2) is 48.3 Å². The van der Waals surface area contributed by atoms with E-state index in [-0.39, 0.29) is 17.7 Å². The van der Waals surface area contributed by atoms with Gasteiger partial charge < -0.3 is 20.1 Å². The van der Waals surface area contributed by atoms with Crippen molar-refractivity contribution in [1.29, 1.82) is 0 Å². The molecular formula is C23H23N3O4S2. The number of hydrogen-bond donors (Lipinski definition) is 2. The van der Waals surface area contributed by atoms with Gasteiger partial charge in [0.25, 0.3) is 0 Å². The molecule has 3 aromatic rings. The zero-order chi connectivity index (χ0) is 22.1. The number of carbonyl (C=O) groups is 2. The third-order valence-electron chi connectivity index (χ3n) is 5.65. The number of rotatable bonds is 6. The first-order valence-electron chi connectivity index (χ1n) is 10.5. The van der Waals surface area contributed by atoms with E-state index in [4.69, 9.17) is 9.47 Å². The van der Waals surface area contributed by atoms with E-state index in [9.17, 15) is 9.59 Å². The Morgan fingerprint density at radius 2 is 2.22 bits per heavy atom. The number of amides is 1. The van der Waals surface area contributed by atoms with Gasteiger partial charge in [0.2, 0.25) is 11.7 Å². The Balaban J connectivity index is 1.16. The van der Waals surface area contributed by atoms with Gasteiger partial charge in [0.05, 0.1) is 29.9 Å². The molecule has 2 N–H and O–H groups in total. The molecule has 0 aliphatic carbocycles. The lowest BCUT2D eigenvalue weighted by Gasteiger charge is -2.28. The van der Waals surface area contributed by atoms with Crippen molar-refractivity contribution >= 4 is 50.7 Å². The van der Waals surface area contributed by atoms with E-state index in [2.05, 4.69) is 27.8 Å². The lowest BCUT2D eigenvalue weighted by molar-refractivity contribution is -0.113. The molecule has 2 aromatic carbocycles. The van der Waals surface area contributed by atoms with Gasteiger partial charge in [-0.25, -0.2) is 4.98 Å². The second kappa shape index (κ2) is 9.19. The predicted molar refractivity (Wildman–Crippen MR) is 126 cm³/mol. The highest BCUT2D eigenvalue weighted by Crippen LogP contribution is 2.33. The highest BCUT2D eigenvalue weighted by atomic mass is 32.2. The second-order valence-electron chi connectivity index (χ2n) is 7.83. The maximum atomic E-state index is 12.9. The fourth-order valence-electron chi connectivity index (χ4n) is 3.95. The minimum absolute atomic E-state index is 0.0376. The van der Waals surface area contributed by atoms with Crippen LogP contribution in [0.5, 0.6) is 5.75 Å². The first-order valence-corrected chi connectivity index (χ1v) is 12.3. The summed E-state index contributed by atoms with van der Waals surface area (Å²) >= 11 is 2.94. The summed E-state index contributed by atoms with van der Waals surface area (Å²) in [6.07, 6.45) is 1.04. The van der Waals surface area contributed by atoms with Crippen molar-refractivity contribution in [3.8, 4) is 5.75 Å². The largest absolute Gasteiger partial charge is 0.494 e. The van der Waals surface area contributed by atoms with E-state index in [0.717, 1.165) is 32.8 Å². The van der Waals surface area contributed by atoms with Gasteiger partial charge in [-0.3, -0.25) is 9.59 Å². The number of aromatic nitrogens is 1. The molecule has 3 heterocycles. The minimum Gasteiger partial charge on any atom is -0.494 e. The van der Waals surface area contributed by atoms with Gasteiger partial charge in [-0.2, -0.15) is 0 Å². The van der Waals surface area contributed by atoms with Gasteiger partial charge in [0.15, 0.2) is 5.01 Å². The van der Waals surface area contributed by atoms with Crippen molar-refractivity contribution in [3.63, 3.8) is 0 Å². The van der Waals surface area contributed by atoms with Crippen LogP contribution in [0.15, 0.2) is 41.3 Å². The van der Waals surface area contributed by atoms with Crippen LogP contribution in [-0.2, 0) is 16.1 Å². The summed E-state index contributed by atoms with van der Waals surface area (Å²) in [5, 5.41) is 6.90. The topological polar surface area (TPSA) is 89.6 Å². The Labute approximate surface area is 193 Å². The molecule has 2 aliphatic rings. The van der Waals surface area contributed by atoms with Crippen LogP contribution in [0, 0.1) is 0 Å². The number of benzene rings is 2. The van der Waals surface area contributed by atoms with Crippen LogP contribution in [0.3, 0.4) is 0 Å². The molecule has 9 heteroatoms. The van der Waals surface area contributed by atoms with Gasteiger partial charge in [0.1, 0.15) is 17.4 Å². The molecule has 5 rings (SSSR count). The lowest BCUT2D eigenvalue weighted by Crippen LogP contribution is -2.42. The molecule has 1 aromatic heterocycles. The van der Waals surface area contributed by atoms with Crippen LogP contribution < -0.4 is 15.4 Å². The number of hydrogen-bond acceptors (Lipinski definition) is 8. The maximum Gasteiger partial charge on any atom is 0.234 e. The first-order chi connectivity index (χ1) is 15.6. The number of nitrogens with zero attached hydrogens (tertiary/aromatic N) is 1. The molecule has 166 valence electrons. The number of nitrogens with one attached hydrogen (secondary N) is 2. The molecule has 1 amide bonds. The Kier molecular flexibility index (Phi) is 6.14. The third-order valence-corrected chi connectivity index (χ3v) is 7.76. The van der Waals surface area contributed by atoms with Crippen molar-refractivity contribution < 1.29 is 19.1 Å². The van der Waals surface area contributed by atoms with E-state index in [1.165, 1.54) is 11.3 Å². The number of methoxy groups -OCH3 is 1. The summed E-state index contributed by atoms with van der Waals surface area (Å²) in [6.45, 7) is 1.15. The SMILES string of the molecule is COc1cccc2sc(C(=O)[C@@H]3CC[C@@H](NCc4ccc5c(c4)NC(=O)CS5)CO3)nc12. The second-order valence-corrected chi connectivity index (χ2v) is 9.88. The number of Topliss-reactive ketones (excluding diaryl/α,β-unsaturated/α-hetero) is 1. The summed E-state index contributed by atoms with van der Waals surface area (Å²) in [4.78, 5) is 30.2. The number of thioether (sulfide) groups is 1. The third kappa shape index (κ3) is 4.38. The zero-order valence-corrected chi connectivity index (χ0v) is 19.2. The number of fused-ring (bicyclic) bond motifs is 2. The standard InChI is InChI=1S/C23H23N3O4S2/c1-29-16-3-2-4-19-21(16)26-23(32-19)22(28)17-7-6-14(11-30-17)24-10-13-5-8-18-15(9-13)25-20(27)12-31-18/h2-5,8-9,14,17,24H,6-7,10-12H2,1H3,(H,25,27)/t14-,17+/m1/s1. The normalized spacial score (nSPS) is 20.6. The van der Waals surface area contributed by atoms with Gasteiger partial charge >= 0.3 is 0 Å². The number of thiazole rings is 1. The highest BCUT2D eigenvalue weighted by molar-refractivity contribution is 8.00. The van der Waals surface area contributed by atoms with Crippen molar-refractivity contribution in [1.82, 2.24) is 10.3 Å². The van der Waals surface area contributed by atoms with Crippen LogP contribution in [0.25, 0.3) is 10.2 Å². The molecule has 2 aliphatic heterocycles. The van der Waals surface area contributed by atoms with Gasteiger partial charge in [0, 0.05) is 17.5 Å². The van der Waals surface area contributed by atoms with E-state index in [1.807, 2.05) is 24.3 Å². The summed E-state index contributed by atoms with van der Waals surface area (Å²) in [6, 6.07) is 12.0. The van der Waals surface area contributed by atoms with E-state index >= 15 is 0 Å². The maximum absolute atomic E-state index is 12.9. The Morgan fingerprint density at radius 1 is 1.31 bits per heavy atom. The van der Waals surface area contributed by atoms with Crippen molar-refractivity contribution in [3.05, 3.63) is 47.0 Å². The van der Waals surface area contributed by atoms with Gasteiger partial charge in [-0.05, 0) is 42.7 Å². The van der Waals surface area contributed by atoms with Gasteiger partial charge in [-0.1, -0.05) is 12.1 Å². The predicted octanol–water partition coefficient (Wildman–Crippen LogP) is 3.87. The molecule has 0 saturated carbocycles. The number of carbonyl (C=O) groups excluding carboxylic acids is 2. The van der Waals surface area contributed by atoms with Crippen molar-refractivity contribution in [2.24, 2.45) is 0 Å². The first kappa shape index (κ1) is 21.4. The molecule has 0 radical (unpaired) electrons. The summed E-state index contributed by atoms with van der Waals surface area (Å²) in [5.41, 5.74) is 2.70. The Hall–Kier alpha value is -2.46. The molecule has 0 unspecified atom stereocenters. The fraction of sp³-hybridized carbons (Fsp3) is 0.348. The van der Waals surface area contributed by atoms with Crippen LogP contribution in [0.2, 0.25) is 0 Å². The number of para-hydroxylation sites is 1. The molecule has 7 nitrogen and oxygen atoms in total. The highest BCUT2D eigenvalue weighted by Gasteiger charge is 2.30. The summed E-state index contributed by atoms with van der Waals surface area (Å²) < 4.78 is 12.2. The smallest absolute Gasteiger partial charge is 0.234 e. The molecule has 0 spiro atoms. The molecule has 1 fully saturated rings. The Morgan fingerprint density at radius 3 is 3.03 bits per heavy atom. The van der Waals surface area contributed by atoms with E-state index in [0.29, 0.717) is 36.1 Å². The van der Waals surface area contributed by atoms with E-state index in [1.54, 1.807) is 18.9 Å². The van der Waals surface area contributed by atoms with Crippen molar-refractivity contribution in [2.45, 2.75) is 36.4 Å². The average molecular weight is 470 g/mol. The molecule has 2 atom stereocenters. The summed E-state index contributed by atoms with van der Waals surface area (Å²) in [7, 11) is 1.60. The van der Waals surface area contributed by atoms with Crippen LogP contribution in [0.1, 0.15) is 28.2 Å². The Bertz CT molecular complexity index is 1170. The number of ether oxygens (including phenoxy) is 2. The lowest BCUT2D eigenvalue weighted by atomic mass is 10.0. The molecular weight excluding hydrogens is 446 g/mol. The zero-order valence-electron chi connectivity index (χ0n) is 17.6. The molecule has 0 bridgehead atoms. The molecule has 32 heavy (non-hydrogen) atoms. The molecule has 1 saturated heterocycles. The average Bonchev–Trinajstić information content (AvgIpc) is 3.27. The van der Waals surface area contributed by atoms with Gasteiger partial charge in [-0.15, -0.1) is 23.1 Å². The monoisotopic (exact) mass is 469 g/mol. The summed E-state index contributed by atoms with van der Waals surface area (Å²) in [5.74, 6) is 1.12.